The predicted octanol–water partition coefficient (Wildman–Crippen LogP) is -6.80. The van der Waals surface area contributed by atoms with Gasteiger partial charge in [0.15, 0.2) is 0 Å². The van der Waals surface area contributed by atoms with E-state index in [2.05, 4.69) is 0 Å². The van der Waals surface area contributed by atoms with Crippen molar-refractivity contribution < 1.29 is 106 Å². The minimum atomic E-state index is 0. The van der Waals surface area contributed by atoms with Gasteiger partial charge in [0.25, 0.3) is 0 Å². The average Bonchev–Trinajstić information content (AvgIpc) is 1.00. The fraction of sp³-hybridized carbons (Fsp3) is 0. The van der Waals surface area contributed by atoms with Gasteiger partial charge in [-0.2, -0.15) is 0 Å². The molecular formula is H4KNaOPbZn. The van der Waals surface area contributed by atoms with Gasteiger partial charge in [-0.1, -0.05) is 0 Å². The first-order valence-electron chi connectivity index (χ1n) is 0.289. The van der Waals surface area contributed by atoms with Gasteiger partial charge in [-0.3, -0.25) is 0 Å². The van der Waals surface area contributed by atoms with E-state index in [1.807, 2.05) is 0 Å². The van der Waals surface area contributed by atoms with Crippen molar-refractivity contribution in [3.63, 3.8) is 0 Å². The molecule has 0 saturated heterocycles. The van der Waals surface area contributed by atoms with Crippen molar-refractivity contribution in [2.75, 3.05) is 0 Å². The fourth-order valence-corrected chi connectivity index (χ4v) is 0. The van der Waals surface area contributed by atoms with Crippen LogP contribution in [0, 0.1) is 0 Å². The molecule has 0 atom stereocenters. The average molecular weight is 355 g/mol. The molecule has 0 spiro atoms. The van der Waals surface area contributed by atoms with Crippen LogP contribution in [0.4, 0.5) is 0 Å². The Morgan fingerprint density at radius 3 is 1.40 bits per heavy atom. The Morgan fingerprint density at radius 2 is 1.40 bits per heavy atom. The molecule has 5 heteroatoms. The summed E-state index contributed by atoms with van der Waals surface area (Å²) < 4.78 is 8.38. The zero-order valence-corrected chi connectivity index (χ0v) is 17.4. The van der Waals surface area contributed by atoms with E-state index in [0.29, 0.717) is 0 Å². The molecular weight excluding hydrogens is 351 g/mol. The maximum absolute atomic E-state index is 8.38. The normalized spacial score (nSPS) is 1.20. The zero-order valence-electron chi connectivity index (χ0n) is 5.82. The summed E-state index contributed by atoms with van der Waals surface area (Å²) in [5.74, 6) is 0. The van der Waals surface area contributed by atoms with Crippen molar-refractivity contribution in [3.05, 3.63) is 0 Å². The molecule has 0 bridgehead atoms. The first-order chi connectivity index (χ1) is 1.00. The van der Waals surface area contributed by atoms with E-state index in [0.717, 1.165) is 0 Å². The summed E-state index contributed by atoms with van der Waals surface area (Å²) in [6, 6.07) is 0. The van der Waals surface area contributed by atoms with E-state index in [4.69, 9.17) is 3.57 Å². The summed E-state index contributed by atoms with van der Waals surface area (Å²) in [4.78, 5) is 0. The second kappa shape index (κ2) is 24.5. The van der Waals surface area contributed by atoms with Crippen LogP contribution in [-0.2, 0) is 21.8 Å². The molecule has 0 aromatic heterocycles. The zero-order chi connectivity index (χ0) is 2.00. The van der Waals surface area contributed by atoms with Crippen LogP contribution in [0.1, 0.15) is 2.85 Å². The van der Waals surface area contributed by atoms with E-state index in [-0.39, 0.29) is 129 Å². The molecule has 0 heterocycles. The van der Waals surface area contributed by atoms with Gasteiger partial charge in [-0.05, 0) is 0 Å². The van der Waals surface area contributed by atoms with E-state index in [9.17, 15) is 0 Å². The van der Waals surface area contributed by atoms with Crippen LogP contribution in [-0.4, -0.2) is 27.3 Å². The molecule has 2 radical (unpaired) electrons. The standard InChI is InChI=1S/K.Na.O.Pb.Zn.4H/q2*+1;;;;;;2*-1. The number of rotatable bonds is 0. The Hall–Kier alpha value is 3.98. The van der Waals surface area contributed by atoms with Gasteiger partial charge in [-0.25, -0.2) is 0 Å². The fourth-order valence-electron chi connectivity index (χ4n) is 0. The molecule has 0 aliphatic carbocycles. The first-order valence-corrected chi connectivity index (χ1v) is 1.50. The van der Waals surface area contributed by atoms with E-state index in [1.54, 1.807) is 0 Å². The SMILES string of the molecule is [H-].[H-].[K+].[Na+].[O]=[Zn].[PbH2]. The number of hydrogen-bond acceptors (Lipinski definition) is 1. The summed E-state index contributed by atoms with van der Waals surface area (Å²) in [5, 5.41) is 0. The third-order valence-corrected chi connectivity index (χ3v) is 0. The van der Waals surface area contributed by atoms with Crippen molar-refractivity contribution in [1.29, 1.82) is 0 Å². The van der Waals surface area contributed by atoms with Crippen molar-refractivity contribution in [2.45, 2.75) is 0 Å². The van der Waals surface area contributed by atoms with Gasteiger partial charge in [-0.15, -0.1) is 0 Å². The topological polar surface area (TPSA) is 17.1 Å². The summed E-state index contributed by atoms with van der Waals surface area (Å²) >= 11 is 0.125. The van der Waals surface area contributed by atoms with Gasteiger partial charge in [0.1, 0.15) is 0 Å². The third-order valence-electron chi connectivity index (χ3n) is 0. The monoisotopic (exact) mass is 354 g/mol. The van der Waals surface area contributed by atoms with E-state index >= 15 is 0 Å². The van der Waals surface area contributed by atoms with Crippen LogP contribution >= 0.6 is 0 Å². The van der Waals surface area contributed by atoms with Crippen molar-refractivity contribution in [1.82, 2.24) is 0 Å². The molecule has 0 aliphatic heterocycles. The van der Waals surface area contributed by atoms with Gasteiger partial charge < -0.3 is 2.85 Å². The van der Waals surface area contributed by atoms with Crippen LogP contribution in [0.25, 0.3) is 0 Å². The molecule has 0 aromatic rings. The molecule has 0 aromatic carbocycles. The molecule has 0 saturated carbocycles. The van der Waals surface area contributed by atoms with Crippen molar-refractivity contribution in [3.8, 4) is 0 Å². The molecule has 0 aliphatic rings. The molecule has 18 valence electrons. The third kappa shape index (κ3) is 18.0. The van der Waals surface area contributed by atoms with Crippen LogP contribution in [0.3, 0.4) is 0 Å². The Labute approximate surface area is 129 Å². The van der Waals surface area contributed by atoms with Gasteiger partial charge in [0.05, 0.1) is 0 Å². The molecule has 0 amide bonds. The molecule has 0 fully saturated rings. The van der Waals surface area contributed by atoms with Gasteiger partial charge >= 0.3 is 130 Å². The van der Waals surface area contributed by atoms with E-state index in [1.165, 1.54) is 0 Å². The van der Waals surface area contributed by atoms with E-state index < -0.39 is 0 Å². The molecule has 1 nitrogen and oxygen atoms in total. The quantitative estimate of drug-likeness (QED) is 0.395. The maximum atomic E-state index is 8.38. The molecule has 0 unspecified atom stereocenters. The number of hydrogen-bond donors (Lipinski definition) is 0. The van der Waals surface area contributed by atoms with Crippen LogP contribution in [0.2, 0.25) is 0 Å². The second-order valence-electron chi connectivity index (χ2n) is 0. The second-order valence-corrected chi connectivity index (χ2v) is 0. The molecule has 0 rings (SSSR count). The summed E-state index contributed by atoms with van der Waals surface area (Å²) in [7, 11) is 0. The Balaban J connectivity index is -0.000000000500. The van der Waals surface area contributed by atoms with Gasteiger partial charge in [0.2, 0.25) is 0 Å². The van der Waals surface area contributed by atoms with Crippen molar-refractivity contribution >= 4 is 27.3 Å². The van der Waals surface area contributed by atoms with Crippen molar-refractivity contribution in [2.24, 2.45) is 0 Å². The van der Waals surface area contributed by atoms with Crippen LogP contribution < -0.4 is 80.9 Å². The summed E-state index contributed by atoms with van der Waals surface area (Å²) in [5.41, 5.74) is 0. The Bertz CT molecular complexity index is 17.7. The Kier molecular flexibility index (Phi) is 113. The van der Waals surface area contributed by atoms with Crippen LogP contribution in [0.15, 0.2) is 0 Å². The first kappa shape index (κ1) is 23.1. The predicted molar refractivity (Wildman–Crippen MR) is 11.5 cm³/mol. The molecule has 0 N–H and O–H groups in total. The summed E-state index contributed by atoms with van der Waals surface area (Å²) in [6.45, 7) is 0. The van der Waals surface area contributed by atoms with Crippen LogP contribution in [0.5, 0.6) is 0 Å². The summed E-state index contributed by atoms with van der Waals surface area (Å²) in [6.07, 6.45) is 0. The van der Waals surface area contributed by atoms with Gasteiger partial charge in [0, 0.05) is 0 Å². The minimum absolute atomic E-state index is 0. The molecule has 5 heavy (non-hydrogen) atoms. The Morgan fingerprint density at radius 1 is 1.40 bits per heavy atom.